The maximum atomic E-state index is 11.7. The molecule has 0 unspecified atom stereocenters. The van der Waals surface area contributed by atoms with Crippen molar-refractivity contribution in [2.24, 2.45) is 0 Å². The fourth-order valence-electron chi connectivity index (χ4n) is 2.21. The Labute approximate surface area is 135 Å². The molecule has 0 radical (unpaired) electrons. The zero-order chi connectivity index (χ0) is 17.8. The van der Waals surface area contributed by atoms with Crippen LogP contribution in [-0.4, -0.2) is 69.1 Å². The largest absolute Gasteiger partial charge is 0.394 e. The molecule has 23 heavy (non-hydrogen) atoms. The molecular weight excluding hydrogens is 304 g/mol. The number of hydrogen-bond donors (Lipinski definition) is 4. The van der Waals surface area contributed by atoms with Gasteiger partial charge in [0.2, 0.25) is 0 Å². The van der Waals surface area contributed by atoms with Crippen LogP contribution in [0.3, 0.4) is 0 Å². The molecule has 4 N–H and O–H groups in total. The van der Waals surface area contributed by atoms with Gasteiger partial charge < -0.3 is 29.9 Å². The molecule has 1 saturated heterocycles. The topological polar surface area (TPSA) is 116 Å². The predicted octanol–water partition coefficient (Wildman–Crippen LogP) is -0.327. The van der Waals surface area contributed by atoms with Crippen molar-refractivity contribution in [2.75, 3.05) is 6.61 Å². The summed E-state index contributed by atoms with van der Waals surface area (Å²) in [5.74, 6) is -0.115. The molecule has 1 fully saturated rings. The fourth-order valence-corrected chi connectivity index (χ4v) is 2.21. The van der Waals surface area contributed by atoms with Crippen LogP contribution >= 0.6 is 0 Å². The second kappa shape index (κ2) is 8.14. The van der Waals surface area contributed by atoms with Gasteiger partial charge >= 0.3 is 0 Å². The zero-order valence-electron chi connectivity index (χ0n) is 13.5. The van der Waals surface area contributed by atoms with Gasteiger partial charge in [-0.25, -0.2) is 0 Å². The number of ketones is 1. The van der Waals surface area contributed by atoms with Crippen molar-refractivity contribution in [1.82, 2.24) is 0 Å². The molecule has 0 spiro atoms. The standard InChI is InChI=1S/C16H26O7/c1-5-16(4,7-6-10(18)9(2)3)23-15-14(21)13(20)12(19)11(8-17)22-15/h5,11-15,17,19-21H,1-2,6-8H2,3-4H3/t11-,12-,13+,14-,15+,16-/m1/s1. The second-order valence-electron chi connectivity index (χ2n) is 6.04. The van der Waals surface area contributed by atoms with Crippen LogP contribution in [0.15, 0.2) is 24.8 Å². The number of hydrogen-bond acceptors (Lipinski definition) is 7. The molecule has 0 amide bonds. The highest BCUT2D eigenvalue weighted by molar-refractivity contribution is 5.94. The van der Waals surface area contributed by atoms with Crippen molar-refractivity contribution >= 4 is 5.78 Å². The Hall–Kier alpha value is -1.09. The van der Waals surface area contributed by atoms with Crippen LogP contribution in [0.2, 0.25) is 0 Å². The van der Waals surface area contributed by atoms with E-state index in [2.05, 4.69) is 13.2 Å². The highest BCUT2D eigenvalue weighted by Crippen LogP contribution is 2.29. The van der Waals surface area contributed by atoms with Crippen molar-refractivity contribution in [2.45, 2.75) is 63.0 Å². The van der Waals surface area contributed by atoms with Gasteiger partial charge in [0.15, 0.2) is 12.1 Å². The summed E-state index contributed by atoms with van der Waals surface area (Å²) in [6.45, 7) is 9.98. The summed E-state index contributed by atoms with van der Waals surface area (Å²) in [6, 6.07) is 0. The summed E-state index contributed by atoms with van der Waals surface area (Å²) >= 11 is 0. The van der Waals surface area contributed by atoms with E-state index in [-0.39, 0.29) is 18.6 Å². The van der Waals surface area contributed by atoms with Gasteiger partial charge in [-0.15, -0.1) is 6.58 Å². The van der Waals surface area contributed by atoms with E-state index >= 15 is 0 Å². The van der Waals surface area contributed by atoms with E-state index in [1.807, 2.05) is 0 Å². The number of allylic oxidation sites excluding steroid dienone is 1. The van der Waals surface area contributed by atoms with Crippen LogP contribution in [0.1, 0.15) is 26.7 Å². The maximum absolute atomic E-state index is 11.7. The number of Topliss-reactive ketones (excluding diaryl/α,β-unsaturated/α-hetero) is 1. The molecule has 0 aromatic heterocycles. The summed E-state index contributed by atoms with van der Waals surface area (Å²) in [5, 5.41) is 38.7. The van der Waals surface area contributed by atoms with E-state index < -0.39 is 42.9 Å². The smallest absolute Gasteiger partial charge is 0.187 e. The van der Waals surface area contributed by atoms with Gasteiger partial charge in [-0.1, -0.05) is 12.7 Å². The normalized spacial score (nSPS) is 33.7. The van der Waals surface area contributed by atoms with Crippen molar-refractivity contribution in [1.29, 1.82) is 0 Å². The minimum Gasteiger partial charge on any atom is -0.394 e. The number of aliphatic hydroxyl groups excluding tert-OH is 4. The monoisotopic (exact) mass is 330 g/mol. The maximum Gasteiger partial charge on any atom is 0.187 e. The molecule has 7 heteroatoms. The van der Waals surface area contributed by atoms with Gasteiger partial charge in [-0.3, -0.25) is 4.79 Å². The molecule has 6 atom stereocenters. The van der Waals surface area contributed by atoms with Gasteiger partial charge in [0, 0.05) is 6.42 Å². The zero-order valence-corrected chi connectivity index (χ0v) is 13.5. The number of aliphatic hydroxyl groups is 4. The van der Waals surface area contributed by atoms with Gasteiger partial charge in [-0.05, 0) is 25.8 Å². The van der Waals surface area contributed by atoms with Crippen molar-refractivity contribution in [3.05, 3.63) is 24.8 Å². The number of carbonyl (C=O) groups is 1. The van der Waals surface area contributed by atoms with E-state index in [9.17, 15) is 20.1 Å². The lowest BCUT2D eigenvalue weighted by Gasteiger charge is -2.42. The molecule has 1 aliphatic rings. The van der Waals surface area contributed by atoms with E-state index in [1.54, 1.807) is 13.8 Å². The summed E-state index contributed by atoms with van der Waals surface area (Å²) in [5.41, 5.74) is -0.567. The van der Waals surface area contributed by atoms with E-state index in [0.717, 1.165) is 0 Å². The molecule has 0 aliphatic carbocycles. The van der Waals surface area contributed by atoms with Gasteiger partial charge in [0.05, 0.1) is 12.2 Å². The van der Waals surface area contributed by atoms with Crippen LogP contribution in [0.4, 0.5) is 0 Å². The van der Waals surface area contributed by atoms with Crippen molar-refractivity contribution < 1.29 is 34.7 Å². The molecule has 0 aromatic rings. The van der Waals surface area contributed by atoms with Crippen LogP contribution in [0.25, 0.3) is 0 Å². The molecule has 0 bridgehead atoms. The van der Waals surface area contributed by atoms with Crippen LogP contribution < -0.4 is 0 Å². The summed E-state index contributed by atoms with van der Waals surface area (Å²) in [6.07, 6.45) is -4.86. The summed E-state index contributed by atoms with van der Waals surface area (Å²) in [4.78, 5) is 11.7. The Balaban J connectivity index is 2.78. The van der Waals surface area contributed by atoms with Crippen LogP contribution in [0.5, 0.6) is 0 Å². The van der Waals surface area contributed by atoms with Crippen molar-refractivity contribution in [3.8, 4) is 0 Å². The van der Waals surface area contributed by atoms with E-state index in [4.69, 9.17) is 14.6 Å². The Kier molecular flexibility index (Phi) is 7.06. The summed E-state index contributed by atoms with van der Waals surface area (Å²) in [7, 11) is 0. The third-order valence-electron chi connectivity index (χ3n) is 3.99. The SMILES string of the molecule is C=C[C@](C)(CCC(=O)C(=C)C)O[C@@H]1O[C@H](CO)[C@@H](O)[C@H](O)[C@H]1O. The van der Waals surface area contributed by atoms with Gasteiger partial charge in [0.25, 0.3) is 0 Å². The number of ether oxygens (including phenoxy) is 2. The first kappa shape index (κ1) is 20.0. The second-order valence-corrected chi connectivity index (χ2v) is 6.04. The predicted molar refractivity (Wildman–Crippen MR) is 82.5 cm³/mol. The molecular formula is C16H26O7. The highest BCUT2D eigenvalue weighted by atomic mass is 16.7. The fraction of sp³-hybridized carbons (Fsp3) is 0.688. The molecule has 1 heterocycles. The summed E-state index contributed by atoms with van der Waals surface area (Å²) < 4.78 is 11.0. The Morgan fingerprint density at radius 1 is 1.30 bits per heavy atom. The molecule has 1 rings (SSSR count). The third kappa shape index (κ3) is 4.94. The Morgan fingerprint density at radius 3 is 2.39 bits per heavy atom. The average Bonchev–Trinajstić information content (AvgIpc) is 2.53. The first-order valence-corrected chi connectivity index (χ1v) is 7.46. The van der Waals surface area contributed by atoms with Crippen LogP contribution in [-0.2, 0) is 14.3 Å². The Morgan fingerprint density at radius 2 is 1.91 bits per heavy atom. The van der Waals surface area contributed by atoms with Gasteiger partial charge in [-0.2, -0.15) is 0 Å². The van der Waals surface area contributed by atoms with Crippen molar-refractivity contribution in [3.63, 3.8) is 0 Å². The molecule has 1 aliphatic heterocycles. The van der Waals surface area contributed by atoms with Gasteiger partial charge in [0.1, 0.15) is 24.4 Å². The lowest BCUT2D eigenvalue weighted by atomic mass is 9.95. The highest BCUT2D eigenvalue weighted by Gasteiger charge is 2.46. The van der Waals surface area contributed by atoms with E-state index in [1.165, 1.54) is 6.08 Å². The number of carbonyl (C=O) groups excluding carboxylic acids is 1. The van der Waals surface area contributed by atoms with E-state index in [0.29, 0.717) is 5.57 Å². The molecule has 7 nitrogen and oxygen atoms in total. The number of rotatable bonds is 8. The minimum atomic E-state index is -1.52. The first-order chi connectivity index (χ1) is 10.6. The Bertz CT molecular complexity index is 448. The van der Waals surface area contributed by atoms with Crippen LogP contribution in [0, 0.1) is 0 Å². The lowest BCUT2D eigenvalue weighted by molar-refractivity contribution is -0.319. The average molecular weight is 330 g/mol. The molecule has 132 valence electrons. The molecule has 0 saturated carbocycles. The minimum absolute atomic E-state index is 0.115. The molecule has 0 aromatic carbocycles. The first-order valence-electron chi connectivity index (χ1n) is 7.46. The quantitative estimate of drug-likeness (QED) is 0.356. The third-order valence-corrected chi connectivity index (χ3v) is 3.99. The lowest BCUT2D eigenvalue weighted by Crippen LogP contribution is -2.60.